The molecule has 1 fully saturated rings. The predicted octanol–water partition coefficient (Wildman–Crippen LogP) is 5.25. The van der Waals surface area contributed by atoms with Gasteiger partial charge >= 0.3 is 0 Å². The fraction of sp³-hybridized carbons (Fsp3) is 0.391. The summed E-state index contributed by atoms with van der Waals surface area (Å²) in [6.07, 6.45) is 6.23. The van der Waals surface area contributed by atoms with Crippen LogP contribution in [0.2, 0.25) is 5.02 Å². The Labute approximate surface area is 186 Å². The number of aromatic nitrogens is 2. The van der Waals surface area contributed by atoms with Gasteiger partial charge in [-0.05, 0) is 69.6 Å². The Hall–Kier alpha value is -2.64. The molecule has 1 aromatic heterocycles. The SMILES string of the molecule is CN1CCCCC(COc2cc3ncnc(Nc4ccc(F)c(Cl)c4)c3cc2N)CC1. The number of nitrogens with zero attached hydrogens (tertiary/aromatic N) is 3. The Bertz CT molecular complexity index is 1060. The van der Waals surface area contributed by atoms with Gasteiger partial charge < -0.3 is 20.7 Å². The second kappa shape index (κ2) is 9.66. The van der Waals surface area contributed by atoms with Crippen molar-refractivity contribution in [2.45, 2.75) is 25.7 Å². The van der Waals surface area contributed by atoms with Gasteiger partial charge in [-0.15, -0.1) is 0 Å². The number of halogens is 2. The van der Waals surface area contributed by atoms with Crippen molar-refractivity contribution < 1.29 is 9.13 Å². The molecule has 1 atom stereocenters. The molecule has 1 unspecified atom stereocenters. The minimum absolute atomic E-state index is 0.0407. The van der Waals surface area contributed by atoms with Gasteiger partial charge in [0.05, 0.1) is 22.8 Å². The highest BCUT2D eigenvalue weighted by molar-refractivity contribution is 6.31. The number of fused-ring (bicyclic) bond motifs is 1. The second-order valence-corrected chi connectivity index (χ2v) is 8.56. The lowest BCUT2D eigenvalue weighted by Gasteiger charge is -2.25. The van der Waals surface area contributed by atoms with Crippen LogP contribution in [-0.2, 0) is 0 Å². The van der Waals surface area contributed by atoms with Gasteiger partial charge in [-0.25, -0.2) is 14.4 Å². The Morgan fingerprint density at radius 3 is 2.90 bits per heavy atom. The Morgan fingerprint density at radius 1 is 1.19 bits per heavy atom. The van der Waals surface area contributed by atoms with Crippen molar-refractivity contribution in [3.8, 4) is 5.75 Å². The summed E-state index contributed by atoms with van der Waals surface area (Å²) in [6, 6.07) is 8.08. The van der Waals surface area contributed by atoms with E-state index in [9.17, 15) is 4.39 Å². The molecular formula is C23H27ClFN5O. The van der Waals surface area contributed by atoms with Crippen LogP contribution in [0.4, 0.5) is 21.6 Å². The lowest BCUT2D eigenvalue weighted by molar-refractivity contribution is 0.190. The molecule has 0 saturated carbocycles. The molecule has 31 heavy (non-hydrogen) atoms. The largest absolute Gasteiger partial charge is 0.491 e. The summed E-state index contributed by atoms with van der Waals surface area (Å²) >= 11 is 5.88. The lowest BCUT2D eigenvalue weighted by Crippen LogP contribution is -2.27. The molecular weight excluding hydrogens is 417 g/mol. The van der Waals surface area contributed by atoms with E-state index in [1.807, 2.05) is 12.1 Å². The number of anilines is 3. The summed E-state index contributed by atoms with van der Waals surface area (Å²) in [4.78, 5) is 11.1. The molecule has 4 rings (SSSR count). The number of hydrogen-bond acceptors (Lipinski definition) is 6. The Morgan fingerprint density at radius 2 is 2.06 bits per heavy atom. The lowest BCUT2D eigenvalue weighted by atomic mass is 9.97. The summed E-state index contributed by atoms with van der Waals surface area (Å²) in [5, 5.41) is 3.95. The van der Waals surface area contributed by atoms with Crippen molar-refractivity contribution in [1.82, 2.24) is 14.9 Å². The van der Waals surface area contributed by atoms with E-state index in [1.54, 1.807) is 6.07 Å². The minimum atomic E-state index is -0.471. The molecule has 164 valence electrons. The van der Waals surface area contributed by atoms with Crippen LogP contribution in [0.25, 0.3) is 10.9 Å². The van der Waals surface area contributed by atoms with E-state index in [2.05, 4.69) is 27.2 Å². The van der Waals surface area contributed by atoms with Crippen molar-refractivity contribution in [3.63, 3.8) is 0 Å². The summed E-state index contributed by atoms with van der Waals surface area (Å²) in [5.74, 6) is 1.25. The molecule has 2 aromatic carbocycles. The average molecular weight is 444 g/mol. The molecule has 0 aliphatic carbocycles. The second-order valence-electron chi connectivity index (χ2n) is 8.15. The normalized spacial score (nSPS) is 17.8. The summed E-state index contributed by atoms with van der Waals surface area (Å²) in [5.41, 5.74) is 8.17. The number of rotatable bonds is 5. The van der Waals surface area contributed by atoms with E-state index in [0.717, 1.165) is 18.4 Å². The number of nitrogen functional groups attached to an aromatic ring is 1. The zero-order chi connectivity index (χ0) is 21.8. The first-order chi connectivity index (χ1) is 15.0. The average Bonchev–Trinajstić information content (AvgIpc) is 2.74. The maximum atomic E-state index is 13.4. The minimum Gasteiger partial charge on any atom is -0.491 e. The third-order valence-corrected chi connectivity index (χ3v) is 6.03. The van der Waals surface area contributed by atoms with Gasteiger partial charge in [0.2, 0.25) is 0 Å². The molecule has 0 amide bonds. The summed E-state index contributed by atoms with van der Waals surface area (Å²) in [7, 11) is 2.18. The number of nitrogens with one attached hydrogen (secondary N) is 1. The monoisotopic (exact) mass is 443 g/mol. The summed E-state index contributed by atoms with van der Waals surface area (Å²) < 4.78 is 19.6. The van der Waals surface area contributed by atoms with Crippen molar-refractivity contribution in [2.75, 3.05) is 37.8 Å². The van der Waals surface area contributed by atoms with E-state index in [1.165, 1.54) is 44.3 Å². The van der Waals surface area contributed by atoms with E-state index in [-0.39, 0.29) is 5.02 Å². The quantitative estimate of drug-likeness (QED) is 0.524. The van der Waals surface area contributed by atoms with Crippen LogP contribution in [0.1, 0.15) is 25.7 Å². The molecule has 3 aromatic rings. The molecule has 0 bridgehead atoms. The fourth-order valence-electron chi connectivity index (χ4n) is 3.88. The van der Waals surface area contributed by atoms with Gasteiger partial charge in [0.25, 0.3) is 0 Å². The summed E-state index contributed by atoms with van der Waals surface area (Å²) in [6.45, 7) is 2.91. The molecule has 1 aliphatic rings. The van der Waals surface area contributed by atoms with Crippen molar-refractivity contribution in [2.24, 2.45) is 5.92 Å². The number of benzene rings is 2. The van der Waals surface area contributed by atoms with Crippen LogP contribution >= 0.6 is 11.6 Å². The van der Waals surface area contributed by atoms with Crippen LogP contribution in [0.3, 0.4) is 0 Å². The number of likely N-dealkylation sites (tertiary alicyclic amines) is 1. The molecule has 1 saturated heterocycles. The van der Waals surface area contributed by atoms with E-state index < -0.39 is 5.82 Å². The maximum absolute atomic E-state index is 13.4. The van der Waals surface area contributed by atoms with Crippen LogP contribution < -0.4 is 15.8 Å². The van der Waals surface area contributed by atoms with Gasteiger partial charge in [-0.3, -0.25) is 0 Å². The highest BCUT2D eigenvalue weighted by Crippen LogP contribution is 2.32. The van der Waals surface area contributed by atoms with Gasteiger partial charge in [-0.2, -0.15) is 0 Å². The fourth-order valence-corrected chi connectivity index (χ4v) is 4.06. The van der Waals surface area contributed by atoms with Gasteiger partial charge in [0.1, 0.15) is 23.7 Å². The first-order valence-electron chi connectivity index (χ1n) is 10.6. The van der Waals surface area contributed by atoms with Gasteiger partial charge in [0, 0.05) is 17.1 Å². The molecule has 3 N–H and O–H groups in total. The van der Waals surface area contributed by atoms with Crippen molar-refractivity contribution in [1.29, 1.82) is 0 Å². The standard InChI is InChI=1S/C23H27ClFN5O/c1-30-8-3-2-4-15(7-9-30)13-31-22-12-21-17(11-20(22)26)23(28-14-27-21)29-16-5-6-19(25)18(24)10-16/h5-6,10-12,14-15H,2-4,7-9,13,26H2,1H3,(H,27,28,29). The Balaban J connectivity index is 1.51. The smallest absolute Gasteiger partial charge is 0.144 e. The van der Waals surface area contributed by atoms with Crippen LogP contribution in [-0.4, -0.2) is 41.6 Å². The van der Waals surface area contributed by atoms with Gasteiger partial charge in [-0.1, -0.05) is 18.0 Å². The van der Waals surface area contributed by atoms with Gasteiger partial charge in [0.15, 0.2) is 0 Å². The topological polar surface area (TPSA) is 76.3 Å². The molecule has 0 radical (unpaired) electrons. The molecule has 0 spiro atoms. The molecule has 8 heteroatoms. The van der Waals surface area contributed by atoms with Crippen LogP contribution in [0, 0.1) is 11.7 Å². The van der Waals surface area contributed by atoms with E-state index >= 15 is 0 Å². The maximum Gasteiger partial charge on any atom is 0.144 e. The first-order valence-corrected chi connectivity index (χ1v) is 10.9. The van der Waals surface area contributed by atoms with Crippen LogP contribution in [0.15, 0.2) is 36.7 Å². The van der Waals surface area contributed by atoms with Crippen LogP contribution in [0.5, 0.6) is 5.75 Å². The van der Waals surface area contributed by atoms with E-state index in [0.29, 0.717) is 41.0 Å². The molecule has 2 heterocycles. The highest BCUT2D eigenvalue weighted by atomic mass is 35.5. The number of hydrogen-bond donors (Lipinski definition) is 2. The van der Waals surface area contributed by atoms with Crippen molar-refractivity contribution in [3.05, 3.63) is 47.5 Å². The third kappa shape index (κ3) is 5.35. The first kappa shape index (κ1) is 21.6. The number of nitrogens with two attached hydrogens (primary N) is 1. The van der Waals surface area contributed by atoms with E-state index in [4.69, 9.17) is 22.1 Å². The highest BCUT2D eigenvalue weighted by Gasteiger charge is 2.16. The number of ether oxygens (including phenoxy) is 1. The zero-order valence-corrected chi connectivity index (χ0v) is 18.3. The molecule has 1 aliphatic heterocycles. The van der Waals surface area contributed by atoms with Crippen molar-refractivity contribution >= 4 is 39.7 Å². The third-order valence-electron chi connectivity index (χ3n) is 5.75. The predicted molar refractivity (Wildman–Crippen MR) is 124 cm³/mol. The zero-order valence-electron chi connectivity index (χ0n) is 17.6. The molecule has 6 nitrogen and oxygen atoms in total. The Kier molecular flexibility index (Phi) is 6.73.